The Morgan fingerprint density at radius 3 is 2.79 bits per heavy atom. The summed E-state index contributed by atoms with van der Waals surface area (Å²) in [6, 6.07) is -0.395. The van der Waals surface area contributed by atoms with Gasteiger partial charge in [-0.25, -0.2) is 19.7 Å². The Kier molecular flexibility index (Phi) is 6.77. The summed E-state index contributed by atoms with van der Waals surface area (Å²) in [6.45, 7) is 5.31. The third kappa shape index (κ3) is 5.50. The third-order valence-electron chi connectivity index (χ3n) is 5.30. The molecule has 34 heavy (non-hydrogen) atoms. The number of rotatable bonds is 8. The summed E-state index contributed by atoms with van der Waals surface area (Å²) in [7, 11) is 0. The average molecular weight is 479 g/mol. The molecule has 2 unspecified atom stereocenters. The summed E-state index contributed by atoms with van der Waals surface area (Å²) >= 11 is 0. The van der Waals surface area contributed by atoms with Crippen molar-refractivity contribution >= 4 is 11.6 Å². The number of ether oxygens (including phenoxy) is 1. The number of halogens is 3. The van der Waals surface area contributed by atoms with E-state index in [9.17, 15) is 18.0 Å². The number of alkyl halides is 3. The summed E-state index contributed by atoms with van der Waals surface area (Å²) in [5.74, 6) is 0.683. The molecular weight excluding hydrogens is 455 g/mol. The number of aromatic amines is 1. The third-order valence-corrected chi connectivity index (χ3v) is 5.30. The van der Waals surface area contributed by atoms with Crippen molar-refractivity contribution in [2.24, 2.45) is 0 Å². The van der Waals surface area contributed by atoms with Gasteiger partial charge in [0.05, 0.1) is 37.3 Å². The molecule has 14 heteroatoms. The maximum absolute atomic E-state index is 13.2. The van der Waals surface area contributed by atoms with Crippen LogP contribution in [0.1, 0.15) is 36.2 Å². The second-order valence-electron chi connectivity index (χ2n) is 8.18. The van der Waals surface area contributed by atoms with Crippen LogP contribution in [0, 0.1) is 6.92 Å². The highest BCUT2D eigenvalue weighted by Gasteiger charge is 2.37. The van der Waals surface area contributed by atoms with Gasteiger partial charge in [-0.2, -0.15) is 18.3 Å². The first-order chi connectivity index (χ1) is 16.2. The number of hydrogen-bond acceptors (Lipinski definition) is 9. The Morgan fingerprint density at radius 2 is 2.06 bits per heavy atom. The summed E-state index contributed by atoms with van der Waals surface area (Å²) in [6.07, 6.45) is 2.36. The van der Waals surface area contributed by atoms with E-state index in [2.05, 4.69) is 35.6 Å². The summed E-state index contributed by atoms with van der Waals surface area (Å²) in [5.41, 5.74) is -1.42. The number of anilines is 2. The molecule has 4 heterocycles. The molecule has 3 aromatic heterocycles. The van der Waals surface area contributed by atoms with E-state index in [1.165, 1.54) is 0 Å². The summed E-state index contributed by atoms with van der Waals surface area (Å²) in [4.78, 5) is 22.4. The zero-order valence-electron chi connectivity index (χ0n) is 18.6. The second kappa shape index (κ2) is 9.75. The number of aromatic nitrogens is 7. The second-order valence-corrected chi connectivity index (χ2v) is 8.18. The molecule has 1 fully saturated rings. The molecule has 0 aromatic carbocycles. The first-order valence-corrected chi connectivity index (χ1v) is 10.6. The lowest BCUT2D eigenvalue weighted by molar-refractivity contribution is -0.138. The molecule has 1 aliphatic rings. The quantitative estimate of drug-likeness (QED) is 0.498. The zero-order valence-corrected chi connectivity index (χ0v) is 18.6. The van der Waals surface area contributed by atoms with Crippen molar-refractivity contribution in [3.63, 3.8) is 0 Å². The molecule has 0 amide bonds. The minimum Gasteiger partial charge on any atom is -0.378 e. The van der Waals surface area contributed by atoms with Gasteiger partial charge < -0.3 is 15.0 Å². The topological polar surface area (TPSA) is 127 Å². The van der Waals surface area contributed by atoms with E-state index in [-0.39, 0.29) is 19.3 Å². The first kappa shape index (κ1) is 23.6. The summed E-state index contributed by atoms with van der Waals surface area (Å²) < 4.78 is 46.8. The standard InChI is InChI=1S/C20H24F3N9O2/c1-12-5-24-19(25-6-12)31-4-3-15(9-31)32-8-14(28-30-32)11-34-10-13(2)27-16-7-26-29-18(33)17(16)20(21,22)23/h5-8,13,15H,3-4,9-11H2,1-2H3,(H2,27,29,33). The highest BCUT2D eigenvalue weighted by molar-refractivity contribution is 5.50. The van der Waals surface area contributed by atoms with Crippen LogP contribution in [0.2, 0.25) is 0 Å². The first-order valence-electron chi connectivity index (χ1n) is 10.6. The van der Waals surface area contributed by atoms with Crippen molar-refractivity contribution in [3.8, 4) is 0 Å². The Balaban J connectivity index is 1.28. The maximum Gasteiger partial charge on any atom is 0.423 e. The van der Waals surface area contributed by atoms with Crippen molar-refractivity contribution < 1.29 is 17.9 Å². The average Bonchev–Trinajstić information content (AvgIpc) is 3.43. The van der Waals surface area contributed by atoms with E-state index >= 15 is 0 Å². The van der Waals surface area contributed by atoms with Gasteiger partial charge >= 0.3 is 6.18 Å². The Bertz CT molecular complexity index is 1160. The lowest BCUT2D eigenvalue weighted by Crippen LogP contribution is -2.29. The fraction of sp³-hybridized carbons (Fsp3) is 0.500. The maximum atomic E-state index is 13.2. The van der Waals surface area contributed by atoms with Crippen LogP contribution in [-0.4, -0.2) is 60.9 Å². The van der Waals surface area contributed by atoms with Crippen molar-refractivity contribution in [2.45, 2.75) is 45.1 Å². The van der Waals surface area contributed by atoms with Crippen LogP contribution in [0.3, 0.4) is 0 Å². The fourth-order valence-electron chi connectivity index (χ4n) is 3.68. The molecule has 11 nitrogen and oxygen atoms in total. The lowest BCUT2D eigenvalue weighted by atomic mass is 10.2. The molecule has 2 N–H and O–H groups in total. The van der Waals surface area contributed by atoms with E-state index in [1.807, 2.05) is 6.92 Å². The van der Waals surface area contributed by atoms with Crippen molar-refractivity contribution in [3.05, 3.63) is 52.0 Å². The molecule has 1 aliphatic heterocycles. The van der Waals surface area contributed by atoms with Crippen molar-refractivity contribution in [1.82, 2.24) is 35.2 Å². The van der Waals surface area contributed by atoms with Crippen LogP contribution >= 0.6 is 0 Å². The van der Waals surface area contributed by atoms with Crippen molar-refractivity contribution in [2.75, 3.05) is 29.9 Å². The fourth-order valence-corrected chi connectivity index (χ4v) is 3.68. The van der Waals surface area contributed by atoms with Gasteiger partial charge in [-0.3, -0.25) is 4.79 Å². The van der Waals surface area contributed by atoms with Crippen molar-refractivity contribution in [1.29, 1.82) is 0 Å². The molecule has 0 radical (unpaired) electrons. The van der Waals surface area contributed by atoms with Crippen LogP contribution in [0.15, 0.2) is 29.6 Å². The minimum absolute atomic E-state index is 0.0823. The number of nitrogens with zero attached hydrogens (tertiary/aromatic N) is 7. The number of H-pyrrole nitrogens is 1. The normalized spacial score (nSPS) is 17.2. The molecule has 0 spiro atoms. The van der Waals surface area contributed by atoms with Gasteiger partial charge in [-0.15, -0.1) is 5.10 Å². The molecule has 0 saturated carbocycles. The van der Waals surface area contributed by atoms with Gasteiger partial charge in [0.1, 0.15) is 11.3 Å². The van der Waals surface area contributed by atoms with E-state index in [0.29, 0.717) is 18.2 Å². The molecule has 0 aliphatic carbocycles. The Labute approximate surface area is 192 Å². The van der Waals surface area contributed by atoms with E-state index < -0.39 is 29.0 Å². The molecule has 1 saturated heterocycles. The van der Waals surface area contributed by atoms with Gasteiger partial charge in [-0.05, 0) is 25.8 Å². The van der Waals surface area contributed by atoms with Crippen LogP contribution in [0.5, 0.6) is 0 Å². The highest BCUT2D eigenvalue weighted by atomic mass is 19.4. The number of nitrogens with one attached hydrogen (secondary N) is 2. The molecule has 3 aromatic rings. The summed E-state index contributed by atoms with van der Waals surface area (Å²) in [5, 5.41) is 16.2. The zero-order chi connectivity index (χ0) is 24.3. The van der Waals surface area contributed by atoms with Gasteiger partial charge in [-0.1, -0.05) is 5.21 Å². The largest absolute Gasteiger partial charge is 0.423 e. The lowest BCUT2D eigenvalue weighted by Gasteiger charge is -2.18. The predicted molar refractivity (Wildman–Crippen MR) is 115 cm³/mol. The van der Waals surface area contributed by atoms with Gasteiger partial charge in [0, 0.05) is 31.5 Å². The predicted octanol–water partition coefficient (Wildman–Crippen LogP) is 1.95. The monoisotopic (exact) mass is 479 g/mol. The van der Waals surface area contributed by atoms with Gasteiger partial charge in [0.2, 0.25) is 5.95 Å². The van der Waals surface area contributed by atoms with Gasteiger partial charge in [0.25, 0.3) is 5.56 Å². The van der Waals surface area contributed by atoms with Crippen LogP contribution in [0.25, 0.3) is 0 Å². The molecule has 0 bridgehead atoms. The number of aryl methyl sites for hydroxylation is 1. The number of hydrogen-bond donors (Lipinski definition) is 2. The Hall–Kier alpha value is -3.55. The SMILES string of the molecule is Cc1cnc(N2CCC(n3cc(COCC(C)Nc4cn[nH]c(=O)c4C(F)(F)F)nn3)C2)nc1. The molecule has 2 atom stereocenters. The molecular formula is C20H24F3N9O2. The van der Waals surface area contributed by atoms with Crippen LogP contribution < -0.4 is 15.8 Å². The molecule has 182 valence electrons. The smallest absolute Gasteiger partial charge is 0.378 e. The van der Waals surface area contributed by atoms with E-state index in [0.717, 1.165) is 24.7 Å². The van der Waals surface area contributed by atoms with E-state index in [4.69, 9.17) is 4.74 Å². The van der Waals surface area contributed by atoms with E-state index in [1.54, 1.807) is 35.3 Å². The van der Waals surface area contributed by atoms with Crippen LogP contribution in [-0.2, 0) is 17.5 Å². The van der Waals surface area contributed by atoms with Crippen LogP contribution in [0.4, 0.5) is 24.8 Å². The van der Waals surface area contributed by atoms with Gasteiger partial charge in [0.15, 0.2) is 0 Å². The Morgan fingerprint density at radius 1 is 1.29 bits per heavy atom. The minimum atomic E-state index is -4.81. The highest BCUT2D eigenvalue weighted by Crippen LogP contribution is 2.31. The molecule has 4 rings (SSSR count).